The fraction of sp³-hybridized carbons (Fsp3) is 1.00. The summed E-state index contributed by atoms with van der Waals surface area (Å²) in [6, 6.07) is 1.27. The van der Waals surface area contributed by atoms with E-state index < -0.39 is 8.40 Å². The molecule has 0 heterocycles. The highest BCUT2D eigenvalue weighted by atomic mass is 28.3. The molecule has 0 aliphatic heterocycles. The Hall–Kier alpha value is 0.137. The zero-order valence-electron chi connectivity index (χ0n) is 10.1. The largest absolute Gasteiger partial charge is 0.323 e. The van der Waals surface area contributed by atoms with Gasteiger partial charge in [0.25, 0.3) is 0 Å². The van der Waals surface area contributed by atoms with Crippen LogP contribution in [0.3, 0.4) is 0 Å². The second-order valence-corrected chi connectivity index (χ2v) is 8.36. The van der Waals surface area contributed by atoms with Gasteiger partial charge in [0.15, 0.2) is 8.40 Å². The van der Waals surface area contributed by atoms with Crippen LogP contribution in [0.15, 0.2) is 0 Å². The van der Waals surface area contributed by atoms with Gasteiger partial charge in [0, 0.05) is 0 Å². The molecule has 0 saturated carbocycles. The first-order valence-corrected chi connectivity index (χ1v) is 8.46. The molecule has 0 saturated heterocycles. The maximum Gasteiger partial charge on any atom is 0.195 e. The Labute approximate surface area is 84.7 Å². The van der Waals surface area contributed by atoms with Crippen molar-refractivity contribution in [3.63, 3.8) is 0 Å². The van der Waals surface area contributed by atoms with Gasteiger partial charge in [-0.1, -0.05) is 27.7 Å². The molecule has 0 fully saturated rings. The SMILES string of the molecule is CC[C@@H](C)N[Si](C)(C)N[C@H](C)CC. The van der Waals surface area contributed by atoms with Crippen molar-refractivity contribution in [3.05, 3.63) is 0 Å². The van der Waals surface area contributed by atoms with E-state index in [4.69, 9.17) is 0 Å². The summed E-state index contributed by atoms with van der Waals surface area (Å²) >= 11 is 0. The van der Waals surface area contributed by atoms with Crippen LogP contribution in [-0.2, 0) is 0 Å². The minimum absolute atomic E-state index is 0.637. The molecule has 0 aromatic rings. The molecule has 2 atom stereocenters. The van der Waals surface area contributed by atoms with E-state index in [9.17, 15) is 0 Å². The predicted molar refractivity (Wildman–Crippen MR) is 63.3 cm³/mol. The van der Waals surface area contributed by atoms with Crippen LogP contribution in [0, 0.1) is 0 Å². The Morgan fingerprint density at radius 3 is 1.46 bits per heavy atom. The monoisotopic (exact) mass is 202 g/mol. The highest BCUT2D eigenvalue weighted by Gasteiger charge is 2.23. The fourth-order valence-electron chi connectivity index (χ4n) is 1.48. The predicted octanol–water partition coefficient (Wildman–Crippen LogP) is 2.46. The lowest BCUT2D eigenvalue weighted by molar-refractivity contribution is 0.590. The first-order valence-electron chi connectivity index (χ1n) is 5.46. The Morgan fingerprint density at radius 2 is 1.23 bits per heavy atom. The summed E-state index contributed by atoms with van der Waals surface area (Å²) in [5.41, 5.74) is 0. The molecule has 13 heavy (non-hydrogen) atoms. The normalized spacial score (nSPS) is 17.1. The molecule has 3 heteroatoms. The minimum Gasteiger partial charge on any atom is -0.323 e. The van der Waals surface area contributed by atoms with E-state index in [0.29, 0.717) is 12.1 Å². The summed E-state index contributed by atoms with van der Waals surface area (Å²) in [6.45, 7) is 13.6. The number of nitrogens with one attached hydrogen (secondary N) is 2. The summed E-state index contributed by atoms with van der Waals surface area (Å²) in [4.78, 5) is 7.40. The summed E-state index contributed by atoms with van der Waals surface area (Å²) in [5.74, 6) is 0. The summed E-state index contributed by atoms with van der Waals surface area (Å²) < 4.78 is 0. The zero-order chi connectivity index (χ0) is 10.5. The lowest BCUT2D eigenvalue weighted by Gasteiger charge is -2.31. The van der Waals surface area contributed by atoms with Crippen LogP contribution >= 0.6 is 0 Å². The highest BCUT2D eigenvalue weighted by Crippen LogP contribution is 2.00. The molecular weight excluding hydrogens is 176 g/mol. The topological polar surface area (TPSA) is 24.1 Å². The third-order valence-electron chi connectivity index (χ3n) is 2.44. The second-order valence-electron chi connectivity index (χ2n) is 4.53. The molecule has 0 aromatic heterocycles. The van der Waals surface area contributed by atoms with E-state index in [1.54, 1.807) is 0 Å². The molecule has 0 bridgehead atoms. The lowest BCUT2D eigenvalue weighted by atomic mass is 10.3. The molecule has 0 spiro atoms. The van der Waals surface area contributed by atoms with Crippen LogP contribution in [0.5, 0.6) is 0 Å². The van der Waals surface area contributed by atoms with E-state index >= 15 is 0 Å². The first kappa shape index (κ1) is 13.1. The number of rotatable bonds is 6. The molecule has 2 nitrogen and oxygen atoms in total. The summed E-state index contributed by atoms with van der Waals surface area (Å²) in [7, 11) is -1.37. The summed E-state index contributed by atoms with van der Waals surface area (Å²) in [6.07, 6.45) is 2.41. The van der Waals surface area contributed by atoms with E-state index in [2.05, 4.69) is 50.8 Å². The van der Waals surface area contributed by atoms with Crippen molar-refractivity contribution < 1.29 is 0 Å². The summed E-state index contributed by atoms with van der Waals surface area (Å²) in [5, 5.41) is 0. The van der Waals surface area contributed by atoms with Crippen LogP contribution in [0.4, 0.5) is 0 Å². The maximum absolute atomic E-state index is 3.70. The highest BCUT2D eigenvalue weighted by molar-refractivity contribution is 6.72. The molecule has 2 N–H and O–H groups in total. The van der Waals surface area contributed by atoms with Gasteiger partial charge in [0.2, 0.25) is 0 Å². The van der Waals surface area contributed by atoms with Gasteiger partial charge in [0.05, 0.1) is 0 Å². The fourth-order valence-corrected chi connectivity index (χ4v) is 4.43. The third kappa shape index (κ3) is 6.24. The van der Waals surface area contributed by atoms with Crippen LogP contribution < -0.4 is 9.96 Å². The molecular formula is C10H26N2Si. The van der Waals surface area contributed by atoms with Gasteiger partial charge < -0.3 is 9.96 Å². The van der Waals surface area contributed by atoms with Crippen LogP contribution in [-0.4, -0.2) is 20.5 Å². The lowest BCUT2D eigenvalue weighted by Crippen LogP contribution is -2.62. The van der Waals surface area contributed by atoms with Crippen LogP contribution in [0.2, 0.25) is 13.1 Å². The molecule has 0 rings (SSSR count). The Bertz CT molecular complexity index is 123. The Morgan fingerprint density at radius 1 is 0.923 bits per heavy atom. The van der Waals surface area contributed by atoms with Gasteiger partial charge in [-0.2, -0.15) is 0 Å². The molecule has 80 valence electrons. The smallest absolute Gasteiger partial charge is 0.195 e. The maximum atomic E-state index is 3.70. The van der Waals surface area contributed by atoms with Gasteiger partial charge in [0.1, 0.15) is 0 Å². The molecule has 0 radical (unpaired) electrons. The minimum atomic E-state index is -1.37. The standard InChI is InChI=1S/C10H26N2Si/c1-7-9(3)11-13(5,6)12-10(4)8-2/h9-12H,7-8H2,1-6H3/t9-,10-/m1/s1. The Balaban J connectivity index is 3.92. The molecule has 0 aromatic carbocycles. The zero-order valence-corrected chi connectivity index (χ0v) is 11.1. The van der Waals surface area contributed by atoms with Gasteiger partial charge in [-0.15, -0.1) is 0 Å². The van der Waals surface area contributed by atoms with Crippen LogP contribution in [0.25, 0.3) is 0 Å². The van der Waals surface area contributed by atoms with Gasteiger partial charge in [-0.25, -0.2) is 0 Å². The average Bonchev–Trinajstić information content (AvgIpc) is 2.02. The quantitative estimate of drug-likeness (QED) is 0.647. The van der Waals surface area contributed by atoms with E-state index in [1.807, 2.05) is 0 Å². The van der Waals surface area contributed by atoms with E-state index in [0.717, 1.165) is 0 Å². The second kappa shape index (κ2) is 5.78. The van der Waals surface area contributed by atoms with Crippen molar-refractivity contribution >= 4 is 8.40 Å². The van der Waals surface area contributed by atoms with Gasteiger partial charge in [-0.3, -0.25) is 0 Å². The van der Waals surface area contributed by atoms with E-state index in [-0.39, 0.29) is 0 Å². The van der Waals surface area contributed by atoms with E-state index in [1.165, 1.54) is 12.8 Å². The molecule has 0 aliphatic rings. The van der Waals surface area contributed by atoms with Crippen molar-refractivity contribution in [2.24, 2.45) is 0 Å². The van der Waals surface area contributed by atoms with Crippen molar-refractivity contribution in [2.75, 3.05) is 0 Å². The van der Waals surface area contributed by atoms with Gasteiger partial charge >= 0.3 is 0 Å². The average molecular weight is 202 g/mol. The van der Waals surface area contributed by atoms with Crippen molar-refractivity contribution in [1.82, 2.24) is 9.96 Å². The van der Waals surface area contributed by atoms with Crippen LogP contribution in [0.1, 0.15) is 40.5 Å². The van der Waals surface area contributed by atoms with Crippen molar-refractivity contribution in [2.45, 2.75) is 65.7 Å². The van der Waals surface area contributed by atoms with Crippen molar-refractivity contribution in [3.8, 4) is 0 Å². The molecule has 0 amide bonds. The Kier molecular flexibility index (Phi) is 5.84. The third-order valence-corrected chi connectivity index (χ3v) is 4.87. The number of hydrogen-bond donors (Lipinski definition) is 2. The first-order chi connectivity index (χ1) is 5.91. The van der Waals surface area contributed by atoms with Gasteiger partial charge in [-0.05, 0) is 38.0 Å². The van der Waals surface area contributed by atoms with Crippen molar-refractivity contribution in [1.29, 1.82) is 0 Å². The molecule has 0 aliphatic carbocycles. The number of hydrogen-bond acceptors (Lipinski definition) is 2. The molecule has 0 unspecified atom stereocenters.